The predicted octanol–water partition coefficient (Wildman–Crippen LogP) is 8.33. The average Bonchev–Trinajstić information content (AvgIpc) is 3.72. The van der Waals surface area contributed by atoms with Crippen LogP contribution in [-0.2, 0) is 18.7 Å². The molecule has 0 aliphatic rings. The van der Waals surface area contributed by atoms with Crippen molar-refractivity contribution in [2.75, 3.05) is 0 Å². The van der Waals surface area contributed by atoms with Crippen LogP contribution in [0.1, 0.15) is 42.0 Å². The lowest BCUT2D eigenvalue weighted by Gasteiger charge is -2.34. The Morgan fingerprint density at radius 1 is 0.660 bits per heavy atom. The molecule has 0 spiro atoms. The van der Waals surface area contributed by atoms with Gasteiger partial charge in [0.2, 0.25) is 11.7 Å². The molecule has 9 nitrogen and oxygen atoms in total. The first-order chi connectivity index (χ1) is 26.2. The molecule has 3 heterocycles. The number of pyridine rings is 1. The fourth-order valence-electron chi connectivity index (χ4n) is 6.86. The largest absolute Gasteiger partial charge is 0.471 e. The zero-order valence-electron chi connectivity index (χ0n) is 29.3. The molecule has 3 aromatic heterocycles. The highest BCUT2D eigenvalue weighted by atomic mass is 16.5. The second-order valence-electron chi connectivity index (χ2n) is 12.8. The Kier molecular flexibility index (Phi) is 9.36. The van der Waals surface area contributed by atoms with Crippen molar-refractivity contribution < 1.29 is 4.74 Å². The van der Waals surface area contributed by atoms with Gasteiger partial charge in [-0.2, -0.15) is 0 Å². The number of aromatic nitrogens is 7. The Balaban J connectivity index is 1.12. The summed E-state index contributed by atoms with van der Waals surface area (Å²) in [6.45, 7) is 2.88. The highest BCUT2D eigenvalue weighted by molar-refractivity contribution is 5.82. The highest BCUT2D eigenvalue weighted by Gasteiger charge is 2.41. The fourth-order valence-corrected chi connectivity index (χ4v) is 6.86. The normalized spacial score (nSPS) is 11.5. The number of nitrogens with zero attached hydrogens (tertiary/aromatic N) is 7. The summed E-state index contributed by atoms with van der Waals surface area (Å²) in [6, 6.07) is 50.9. The van der Waals surface area contributed by atoms with Gasteiger partial charge in [-0.1, -0.05) is 153 Å². The molecule has 0 fully saturated rings. The van der Waals surface area contributed by atoms with Crippen LogP contribution in [0.25, 0.3) is 33.4 Å². The van der Waals surface area contributed by atoms with Gasteiger partial charge in [0.05, 0.1) is 5.39 Å². The second kappa shape index (κ2) is 14.9. The smallest absolute Gasteiger partial charge is 0.293 e. The topological polar surface area (TPSA) is 101 Å². The van der Waals surface area contributed by atoms with Gasteiger partial charge in [0.1, 0.15) is 12.1 Å². The Hall–Kier alpha value is -6.74. The maximum atomic E-state index is 13.0. The van der Waals surface area contributed by atoms with E-state index in [1.54, 1.807) is 17.1 Å². The maximum Gasteiger partial charge on any atom is 0.293 e. The lowest BCUT2D eigenvalue weighted by Crippen LogP contribution is -2.39. The van der Waals surface area contributed by atoms with Crippen LogP contribution in [0, 0.1) is 0 Å². The van der Waals surface area contributed by atoms with Gasteiger partial charge in [0, 0.05) is 18.3 Å². The van der Waals surface area contributed by atoms with Gasteiger partial charge in [-0.25, -0.2) is 4.68 Å². The summed E-state index contributed by atoms with van der Waals surface area (Å²) in [5.41, 5.74) is 6.15. The summed E-state index contributed by atoms with van der Waals surface area (Å²) in [6.07, 6.45) is 3.41. The summed E-state index contributed by atoms with van der Waals surface area (Å²) in [7, 11) is 0. The van der Waals surface area contributed by atoms with Crippen LogP contribution >= 0.6 is 0 Å². The molecular formula is C44H37N7O2. The molecule has 0 aliphatic heterocycles. The van der Waals surface area contributed by atoms with Crippen molar-refractivity contribution in [1.82, 2.24) is 35.0 Å². The minimum Gasteiger partial charge on any atom is -0.471 e. The Bertz CT molecular complexity index is 2420. The van der Waals surface area contributed by atoms with Crippen LogP contribution in [-0.4, -0.2) is 35.0 Å². The van der Waals surface area contributed by atoms with E-state index in [0.29, 0.717) is 29.2 Å². The highest BCUT2D eigenvalue weighted by Crippen LogP contribution is 2.40. The number of hydrogen-bond acceptors (Lipinski definition) is 7. The first kappa shape index (κ1) is 33.4. The summed E-state index contributed by atoms with van der Waals surface area (Å²) < 4.78 is 7.68. The summed E-state index contributed by atoms with van der Waals surface area (Å²) in [5, 5.41) is 19.8. The Labute approximate surface area is 307 Å². The Morgan fingerprint density at radius 2 is 1.26 bits per heavy atom. The standard InChI is InChI=1S/C44H37N7O2/c1-2-3-30-50-43(52)40-39(24-15-29-45-40)42(48-50)53-31-32-25-27-33(28-26-32)37-22-13-14-23-38(37)41-46-49-51(47-41)44(34-16-7-4-8-17-34,35-18-9-5-10-19-35)36-20-11-6-12-21-36/h4-29H,2-3,30-31H2,1H3. The van der Waals surface area contributed by atoms with E-state index in [0.717, 1.165) is 51.8 Å². The van der Waals surface area contributed by atoms with Crippen molar-refractivity contribution in [3.8, 4) is 28.4 Å². The summed E-state index contributed by atoms with van der Waals surface area (Å²) in [4.78, 5) is 19.1. The van der Waals surface area contributed by atoms with Gasteiger partial charge in [0.25, 0.3) is 5.56 Å². The van der Waals surface area contributed by atoms with Gasteiger partial charge >= 0.3 is 0 Å². The van der Waals surface area contributed by atoms with Crippen molar-refractivity contribution in [3.63, 3.8) is 0 Å². The average molecular weight is 696 g/mol. The molecule has 0 unspecified atom stereocenters. The second-order valence-corrected chi connectivity index (χ2v) is 12.8. The lowest BCUT2D eigenvalue weighted by molar-refractivity contribution is 0.287. The van der Waals surface area contributed by atoms with E-state index in [4.69, 9.17) is 20.1 Å². The van der Waals surface area contributed by atoms with Gasteiger partial charge in [-0.15, -0.1) is 20.1 Å². The van der Waals surface area contributed by atoms with Crippen LogP contribution in [0.2, 0.25) is 0 Å². The molecule has 8 aromatic rings. The number of benzene rings is 5. The number of hydrogen-bond donors (Lipinski definition) is 0. The molecule has 0 radical (unpaired) electrons. The molecule has 8 rings (SSSR count). The quantitative estimate of drug-likeness (QED) is 0.119. The molecule has 5 aromatic carbocycles. The van der Waals surface area contributed by atoms with E-state index in [-0.39, 0.29) is 12.2 Å². The maximum absolute atomic E-state index is 13.0. The van der Waals surface area contributed by atoms with Gasteiger partial charge < -0.3 is 4.74 Å². The third-order valence-corrected chi connectivity index (χ3v) is 9.51. The molecule has 9 heteroatoms. The van der Waals surface area contributed by atoms with Gasteiger partial charge in [-0.05, 0) is 57.1 Å². The number of fused-ring (bicyclic) bond motifs is 1. The van der Waals surface area contributed by atoms with E-state index >= 15 is 0 Å². The van der Waals surface area contributed by atoms with E-state index < -0.39 is 5.54 Å². The summed E-state index contributed by atoms with van der Waals surface area (Å²) in [5.74, 6) is 0.912. The third kappa shape index (κ3) is 6.38. The molecule has 0 atom stereocenters. The van der Waals surface area contributed by atoms with Crippen LogP contribution in [0.5, 0.6) is 5.88 Å². The first-order valence-corrected chi connectivity index (χ1v) is 17.8. The fraction of sp³-hybridized carbons (Fsp3) is 0.136. The molecule has 0 saturated carbocycles. The molecule has 0 bridgehead atoms. The SMILES string of the molecule is CCCCn1nc(OCc2ccc(-c3ccccc3-c3nnn(C(c4ccccc4)(c4ccccc4)c4ccccc4)n3)cc2)c2cccnc2c1=O. The van der Waals surface area contributed by atoms with Crippen LogP contribution in [0.4, 0.5) is 0 Å². The molecule has 53 heavy (non-hydrogen) atoms. The van der Waals surface area contributed by atoms with E-state index in [2.05, 4.69) is 71.6 Å². The van der Waals surface area contributed by atoms with E-state index in [1.807, 2.05) is 91.0 Å². The Morgan fingerprint density at radius 3 is 1.89 bits per heavy atom. The van der Waals surface area contributed by atoms with Crippen molar-refractivity contribution >= 4 is 10.9 Å². The van der Waals surface area contributed by atoms with E-state index in [9.17, 15) is 4.79 Å². The molecule has 0 N–H and O–H groups in total. The van der Waals surface area contributed by atoms with Crippen LogP contribution in [0.3, 0.4) is 0 Å². The number of aryl methyl sites for hydroxylation is 1. The van der Waals surface area contributed by atoms with Crippen LogP contribution < -0.4 is 10.3 Å². The number of unbranched alkanes of at least 4 members (excludes halogenated alkanes) is 1. The monoisotopic (exact) mass is 695 g/mol. The number of ether oxygens (including phenoxy) is 1. The summed E-state index contributed by atoms with van der Waals surface area (Å²) >= 11 is 0. The van der Waals surface area contributed by atoms with Gasteiger partial charge in [-0.3, -0.25) is 9.78 Å². The van der Waals surface area contributed by atoms with E-state index in [1.165, 1.54) is 4.68 Å². The van der Waals surface area contributed by atoms with Gasteiger partial charge in [0.15, 0.2) is 5.54 Å². The predicted molar refractivity (Wildman–Crippen MR) is 206 cm³/mol. The molecule has 0 saturated heterocycles. The number of tetrazole rings is 1. The first-order valence-electron chi connectivity index (χ1n) is 17.8. The molecular weight excluding hydrogens is 659 g/mol. The van der Waals surface area contributed by atoms with Crippen molar-refractivity contribution in [3.05, 3.63) is 190 Å². The molecule has 260 valence electrons. The third-order valence-electron chi connectivity index (χ3n) is 9.51. The lowest BCUT2D eigenvalue weighted by atomic mass is 9.77. The van der Waals surface area contributed by atoms with Crippen molar-refractivity contribution in [2.45, 2.75) is 38.5 Å². The molecule has 0 amide bonds. The zero-order chi connectivity index (χ0) is 36.0. The minimum atomic E-state index is -0.870. The van der Waals surface area contributed by atoms with Crippen molar-refractivity contribution in [2.24, 2.45) is 0 Å². The molecule has 0 aliphatic carbocycles. The van der Waals surface area contributed by atoms with Crippen molar-refractivity contribution in [1.29, 1.82) is 0 Å². The minimum absolute atomic E-state index is 0.204. The zero-order valence-corrected chi connectivity index (χ0v) is 29.3. The van der Waals surface area contributed by atoms with Crippen LogP contribution in [0.15, 0.2) is 163 Å². The number of rotatable bonds is 12.